The fourth-order valence-corrected chi connectivity index (χ4v) is 1.66. The van der Waals surface area contributed by atoms with Gasteiger partial charge in [-0.05, 0) is 25.1 Å². The Morgan fingerprint density at radius 2 is 1.88 bits per heavy atom. The summed E-state index contributed by atoms with van der Waals surface area (Å²) in [5, 5.41) is 0.580. The summed E-state index contributed by atoms with van der Waals surface area (Å²) in [5.74, 6) is 0.344. The predicted octanol–water partition coefficient (Wildman–Crippen LogP) is 3.61. The molecule has 0 spiro atoms. The molecule has 0 unspecified atom stereocenters. The highest BCUT2D eigenvalue weighted by atomic mass is 35.5. The Hall–Kier alpha value is -1.36. The number of nitrogens with zero attached hydrogens (tertiary/aromatic N) is 2. The Morgan fingerprint density at radius 3 is 2.50 bits per heavy atom. The molecule has 1 heterocycles. The quantitative estimate of drug-likeness (QED) is 0.664. The van der Waals surface area contributed by atoms with Gasteiger partial charge in [0.15, 0.2) is 0 Å². The molecule has 0 fully saturated rings. The summed E-state index contributed by atoms with van der Waals surface area (Å²) in [6.07, 6.45) is -4.38. The lowest BCUT2D eigenvalue weighted by Crippen LogP contribution is -2.05. The molecule has 84 valence electrons. The monoisotopic (exact) mass is 246 g/mol. The molecule has 2 nitrogen and oxygen atoms in total. The Morgan fingerprint density at radius 1 is 1.19 bits per heavy atom. The number of benzene rings is 1. The van der Waals surface area contributed by atoms with Gasteiger partial charge in [-0.3, -0.25) is 0 Å². The molecule has 6 heteroatoms. The second kappa shape index (κ2) is 3.59. The minimum absolute atomic E-state index is 0.163. The Labute approximate surface area is 94.1 Å². The maximum atomic E-state index is 12.4. The minimum atomic E-state index is -4.38. The molecule has 0 aliphatic carbocycles. The second-order valence-corrected chi connectivity index (χ2v) is 3.65. The smallest absolute Gasteiger partial charge is 0.233 e. The van der Waals surface area contributed by atoms with Crippen molar-refractivity contribution >= 4 is 22.5 Å². The number of hydrogen-bond donors (Lipinski definition) is 0. The van der Waals surface area contributed by atoms with Crippen LogP contribution in [0.4, 0.5) is 13.2 Å². The molecule has 1 aromatic carbocycles. The van der Waals surface area contributed by atoms with Crippen LogP contribution >= 0.6 is 11.6 Å². The van der Waals surface area contributed by atoms with Crippen LogP contribution in [-0.4, -0.2) is 9.97 Å². The van der Waals surface area contributed by atoms with Crippen molar-refractivity contribution in [3.8, 4) is 0 Å². The van der Waals surface area contributed by atoms with Crippen molar-refractivity contribution in [3.63, 3.8) is 0 Å². The van der Waals surface area contributed by atoms with Gasteiger partial charge in [-0.15, -0.1) is 0 Å². The van der Waals surface area contributed by atoms with E-state index in [1.807, 2.05) is 0 Å². The van der Waals surface area contributed by atoms with Crippen LogP contribution in [0.5, 0.6) is 0 Å². The van der Waals surface area contributed by atoms with Gasteiger partial charge in [0, 0.05) is 5.39 Å². The predicted molar refractivity (Wildman–Crippen MR) is 54.3 cm³/mol. The van der Waals surface area contributed by atoms with Crippen molar-refractivity contribution in [2.75, 3.05) is 0 Å². The number of aryl methyl sites for hydroxylation is 1. The van der Waals surface area contributed by atoms with Crippen molar-refractivity contribution in [1.82, 2.24) is 9.97 Å². The average molecular weight is 247 g/mol. The standard InChI is InChI=1S/C10H6ClF3N2/c1-5-15-8-4-6(10(12,13)14)2-3-7(8)9(11)16-5/h2-4H,1H3. The molecular weight excluding hydrogens is 241 g/mol. The van der Waals surface area contributed by atoms with Gasteiger partial charge in [0.1, 0.15) is 11.0 Å². The van der Waals surface area contributed by atoms with Gasteiger partial charge >= 0.3 is 6.18 Å². The van der Waals surface area contributed by atoms with Crippen molar-refractivity contribution < 1.29 is 13.2 Å². The topological polar surface area (TPSA) is 25.8 Å². The lowest BCUT2D eigenvalue weighted by Gasteiger charge is -2.08. The number of alkyl halides is 3. The van der Waals surface area contributed by atoms with E-state index in [1.165, 1.54) is 6.07 Å². The Balaban J connectivity index is 2.71. The van der Waals surface area contributed by atoms with Crippen molar-refractivity contribution in [2.24, 2.45) is 0 Å². The highest BCUT2D eigenvalue weighted by Crippen LogP contribution is 2.32. The first-order valence-electron chi connectivity index (χ1n) is 4.39. The summed E-state index contributed by atoms with van der Waals surface area (Å²) in [6, 6.07) is 3.21. The largest absolute Gasteiger partial charge is 0.416 e. The van der Waals surface area contributed by atoms with Gasteiger partial charge in [-0.1, -0.05) is 11.6 Å². The number of hydrogen-bond acceptors (Lipinski definition) is 2. The zero-order valence-corrected chi connectivity index (χ0v) is 8.89. The summed E-state index contributed by atoms with van der Waals surface area (Å²) in [4.78, 5) is 7.78. The zero-order valence-electron chi connectivity index (χ0n) is 8.14. The van der Waals surface area contributed by atoms with Crippen molar-refractivity contribution in [2.45, 2.75) is 13.1 Å². The normalized spacial score (nSPS) is 12.1. The van der Waals surface area contributed by atoms with Gasteiger partial charge in [0.05, 0.1) is 11.1 Å². The first kappa shape index (κ1) is 11.1. The number of aromatic nitrogens is 2. The third-order valence-electron chi connectivity index (χ3n) is 2.09. The molecule has 0 radical (unpaired) electrons. The van der Waals surface area contributed by atoms with E-state index in [4.69, 9.17) is 11.6 Å². The van der Waals surface area contributed by atoms with Crippen molar-refractivity contribution in [3.05, 3.63) is 34.7 Å². The van der Waals surface area contributed by atoms with Crippen LogP contribution in [0.15, 0.2) is 18.2 Å². The van der Waals surface area contributed by atoms with Crippen LogP contribution in [0, 0.1) is 6.92 Å². The molecule has 0 aliphatic heterocycles. The third-order valence-corrected chi connectivity index (χ3v) is 2.38. The lowest BCUT2D eigenvalue weighted by atomic mass is 10.1. The van der Waals surface area contributed by atoms with E-state index in [0.717, 1.165) is 12.1 Å². The lowest BCUT2D eigenvalue weighted by molar-refractivity contribution is -0.137. The fourth-order valence-electron chi connectivity index (χ4n) is 1.38. The maximum absolute atomic E-state index is 12.4. The van der Waals surface area contributed by atoms with E-state index in [9.17, 15) is 13.2 Å². The van der Waals surface area contributed by atoms with Gasteiger partial charge in [0.2, 0.25) is 0 Å². The molecule has 0 amide bonds. The maximum Gasteiger partial charge on any atom is 0.416 e. The number of fused-ring (bicyclic) bond motifs is 1. The van der Waals surface area contributed by atoms with Crippen LogP contribution in [0.3, 0.4) is 0 Å². The molecule has 0 atom stereocenters. The van der Waals surface area contributed by atoms with Gasteiger partial charge in [0.25, 0.3) is 0 Å². The molecule has 2 aromatic rings. The van der Waals surface area contributed by atoms with E-state index in [0.29, 0.717) is 11.2 Å². The van der Waals surface area contributed by atoms with E-state index in [1.54, 1.807) is 6.92 Å². The zero-order chi connectivity index (χ0) is 11.9. The molecule has 16 heavy (non-hydrogen) atoms. The summed E-state index contributed by atoms with van der Waals surface area (Å²) < 4.78 is 37.3. The summed E-state index contributed by atoms with van der Waals surface area (Å²) in [7, 11) is 0. The molecule has 0 saturated heterocycles. The second-order valence-electron chi connectivity index (χ2n) is 3.29. The first-order chi connectivity index (χ1) is 7.38. The first-order valence-corrected chi connectivity index (χ1v) is 4.77. The highest BCUT2D eigenvalue weighted by molar-refractivity contribution is 6.34. The number of halogens is 4. The molecule has 0 N–H and O–H groups in total. The van der Waals surface area contributed by atoms with Crippen LogP contribution in [0.25, 0.3) is 10.9 Å². The van der Waals surface area contributed by atoms with Crippen LogP contribution in [0.1, 0.15) is 11.4 Å². The summed E-state index contributed by atoms with van der Waals surface area (Å²) >= 11 is 5.80. The Kier molecular flexibility index (Phi) is 2.50. The van der Waals surface area contributed by atoms with Gasteiger partial charge < -0.3 is 0 Å². The molecule has 2 rings (SSSR count). The Bertz CT molecular complexity index is 551. The van der Waals surface area contributed by atoms with Gasteiger partial charge in [-0.2, -0.15) is 13.2 Å². The molecule has 1 aromatic heterocycles. The van der Waals surface area contributed by atoms with Gasteiger partial charge in [-0.25, -0.2) is 9.97 Å². The summed E-state index contributed by atoms with van der Waals surface area (Å²) in [6.45, 7) is 1.57. The van der Waals surface area contributed by atoms with Crippen LogP contribution in [-0.2, 0) is 6.18 Å². The van der Waals surface area contributed by atoms with E-state index in [2.05, 4.69) is 9.97 Å². The molecule has 0 aliphatic rings. The van der Waals surface area contributed by atoms with Crippen molar-refractivity contribution in [1.29, 1.82) is 0 Å². The van der Waals surface area contributed by atoms with Crippen LogP contribution in [0.2, 0.25) is 5.15 Å². The average Bonchev–Trinajstić information content (AvgIpc) is 2.15. The van der Waals surface area contributed by atoms with Crippen LogP contribution < -0.4 is 0 Å². The highest BCUT2D eigenvalue weighted by Gasteiger charge is 2.30. The minimum Gasteiger partial charge on any atom is -0.233 e. The van der Waals surface area contributed by atoms with E-state index >= 15 is 0 Å². The van der Waals surface area contributed by atoms with E-state index < -0.39 is 11.7 Å². The summed E-state index contributed by atoms with van der Waals surface area (Å²) in [5.41, 5.74) is -0.540. The SMILES string of the molecule is Cc1nc(Cl)c2ccc(C(F)(F)F)cc2n1. The van der Waals surface area contributed by atoms with E-state index in [-0.39, 0.29) is 10.7 Å². The number of rotatable bonds is 0. The molecule has 0 saturated carbocycles. The third kappa shape index (κ3) is 1.95. The molecular formula is C10H6ClF3N2. The molecule has 0 bridgehead atoms. The fraction of sp³-hybridized carbons (Fsp3) is 0.200.